The van der Waals surface area contributed by atoms with Crippen molar-refractivity contribution in [3.63, 3.8) is 0 Å². The molecule has 0 aromatic heterocycles. The largest absolute Gasteiger partial charge is 0.472 e. The van der Waals surface area contributed by atoms with Gasteiger partial charge in [-0.25, -0.2) is 4.57 Å². The number of carbonyl (C=O) groups is 1. The van der Waals surface area contributed by atoms with E-state index in [1.54, 1.807) is 0 Å². The zero-order valence-corrected chi connectivity index (χ0v) is 31.9. The summed E-state index contributed by atoms with van der Waals surface area (Å²) in [7, 11) is -4.30. The lowest BCUT2D eigenvalue weighted by Gasteiger charge is -2.25. The minimum absolute atomic E-state index is 0.0919. The van der Waals surface area contributed by atoms with Crippen molar-refractivity contribution in [2.45, 2.75) is 219 Å². The lowest BCUT2D eigenvalue weighted by Crippen LogP contribution is -2.46. The van der Waals surface area contributed by atoms with Crippen molar-refractivity contribution < 1.29 is 28.4 Å². The van der Waals surface area contributed by atoms with Gasteiger partial charge in [-0.05, 0) is 12.8 Å². The second kappa shape index (κ2) is 35.3. The number of phosphoric acid groups is 1. The predicted molar refractivity (Wildman–Crippen MR) is 199 cm³/mol. The number of unbranched alkanes of at least 4 members (excludes halogenated alkanes) is 26. The van der Waals surface area contributed by atoms with Crippen LogP contribution in [0.15, 0.2) is 0 Å². The van der Waals surface area contributed by atoms with Crippen LogP contribution in [-0.4, -0.2) is 47.8 Å². The van der Waals surface area contributed by atoms with E-state index in [1.165, 1.54) is 141 Å². The Bertz CT molecular complexity index is 714. The van der Waals surface area contributed by atoms with Crippen LogP contribution in [0.1, 0.15) is 206 Å². The van der Waals surface area contributed by atoms with Gasteiger partial charge in [0.25, 0.3) is 0 Å². The molecule has 9 heteroatoms. The number of hydrogen-bond donors (Lipinski definition) is 4. The third kappa shape index (κ3) is 33.8. The average molecular weight is 691 g/mol. The van der Waals surface area contributed by atoms with Crippen LogP contribution < -0.4 is 11.1 Å². The Morgan fingerprint density at radius 3 is 1.36 bits per heavy atom. The van der Waals surface area contributed by atoms with Gasteiger partial charge in [0.05, 0.1) is 25.4 Å². The first-order valence-electron chi connectivity index (χ1n) is 20.2. The Balaban J connectivity index is 4.01. The van der Waals surface area contributed by atoms with Crippen LogP contribution in [0.2, 0.25) is 0 Å². The Kier molecular flexibility index (Phi) is 35.0. The van der Waals surface area contributed by atoms with E-state index < -0.39 is 20.0 Å². The quantitative estimate of drug-likeness (QED) is 0.0374. The number of hydrogen-bond acceptors (Lipinski definition) is 6. The van der Waals surface area contributed by atoms with Crippen LogP contribution in [0.4, 0.5) is 0 Å². The molecule has 0 aliphatic rings. The first-order chi connectivity index (χ1) is 22.9. The van der Waals surface area contributed by atoms with E-state index >= 15 is 0 Å². The van der Waals surface area contributed by atoms with E-state index in [-0.39, 0.29) is 25.7 Å². The van der Waals surface area contributed by atoms with Gasteiger partial charge in [0, 0.05) is 13.0 Å². The maximum Gasteiger partial charge on any atom is 0.472 e. The molecule has 0 aromatic rings. The van der Waals surface area contributed by atoms with Crippen LogP contribution in [0.3, 0.4) is 0 Å². The SMILES string of the molecule is CCCCCCCCCCCCCCCCCCCCCCC(=O)NC(COP(=O)(O)OCCN)C(O)CCCCCCCCCC. The van der Waals surface area contributed by atoms with E-state index in [0.29, 0.717) is 12.8 Å². The Morgan fingerprint density at radius 1 is 0.617 bits per heavy atom. The van der Waals surface area contributed by atoms with Crippen molar-refractivity contribution in [2.24, 2.45) is 5.73 Å². The zero-order chi connectivity index (χ0) is 34.7. The summed E-state index contributed by atoms with van der Waals surface area (Å²) in [5.41, 5.74) is 5.35. The van der Waals surface area contributed by atoms with E-state index in [9.17, 15) is 19.4 Å². The molecular formula is C38H79N2O6P. The van der Waals surface area contributed by atoms with Gasteiger partial charge in [0.1, 0.15) is 0 Å². The normalized spacial score (nSPS) is 14.2. The summed E-state index contributed by atoms with van der Waals surface area (Å²) in [6, 6.07) is -0.765. The van der Waals surface area contributed by atoms with E-state index in [4.69, 9.17) is 14.8 Å². The summed E-state index contributed by atoms with van der Waals surface area (Å²) in [6.07, 6.45) is 35.5. The van der Waals surface area contributed by atoms with Crippen LogP contribution in [0.5, 0.6) is 0 Å². The minimum atomic E-state index is -4.30. The van der Waals surface area contributed by atoms with Gasteiger partial charge in [-0.2, -0.15) is 0 Å². The zero-order valence-electron chi connectivity index (χ0n) is 31.0. The number of aliphatic hydroxyl groups excluding tert-OH is 1. The first-order valence-corrected chi connectivity index (χ1v) is 21.6. The fourth-order valence-corrected chi connectivity index (χ4v) is 6.90. The van der Waals surface area contributed by atoms with Gasteiger partial charge >= 0.3 is 7.82 Å². The lowest BCUT2D eigenvalue weighted by atomic mass is 10.0. The average Bonchev–Trinajstić information content (AvgIpc) is 3.05. The van der Waals surface area contributed by atoms with E-state index in [1.807, 2.05) is 0 Å². The monoisotopic (exact) mass is 691 g/mol. The summed E-state index contributed by atoms with van der Waals surface area (Å²) < 4.78 is 22.0. The molecule has 0 spiro atoms. The summed E-state index contributed by atoms with van der Waals surface area (Å²) in [5.74, 6) is -0.161. The van der Waals surface area contributed by atoms with Gasteiger partial charge in [0.2, 0.25) is 5.91 Å². The van der Waals surface area contributed by atoms with Gasteiger partial charge in [-0.15, -0.1) is 0 Å². The molecule has 3 atom stereocenters. The highest BCUT2D eigenvalue weighted by molar-refractivity contribution is 7.47. The van der Waals surface area contributed by atoms with Crippen LogP contribution in [-0.2, 0) is 18.4 Å². The Hall–Kier alpha value is -0.500. The number of phosphoric ester groups is 1. The highest BCUT2D eigenvalue weighted by Crippen LogP contribution is 2.43. The molecule has 0 bridgehead atoms. The smallest absolute Gasteiger partial charge is 0.391 e. The fraction of sp³-hybridized carbons (Fsp3) is 0.974. The number of aliphatic hydroxyl groups is 1. The van der Waals surface area contributed by atoms with Crippen molar-refractivity contribution in [3.05, 3.63) is 0 Å². The predicted octanol–water partition coefficient (Wildman–Crippen LogP) is 10.7. The molecule has 0 radical (unpaired) electrons. The molecule has 0 fully saturated rings. The minimum Gasteiger partial charge on any atom is -0.391 e. The number of nitrogens with two attached hydrogens (primary N) is 1. The third-order valence-electron chi connectivity index (χ3n) is 9.21. The van der Waals surface area contributed by atoms with Crippen molar-refractivity contribution in [2.75, 3.05) is 19.8 Å². The van der Waals surface area contributed by atoms with Crippen molar-refractivity contribution >= 4 is 13.7 Å². The molecule has 282 valence electrons. The van der Waals surface area contributed by atoms with Crippen LogP contribution in [0, 0.1) is 0 Å². The maximum atomic E-state index is 12.7. The molecule has 0 saturated carbocycles. The lowest BCUT2D eigenvalue weighted by molar-refractivity contribution is -0.123. The number of amides is 1. The molecule has 5 N–H and O–H groups in total. The summed E-state index contributed by atoms with van der Waals surface area (Å²) >= 11 is 0. The molecule has 0 rings (SSSR count). The van der Waals surface area contributed by atoms with Gasteiger partial charge in [0.15, 0.2) is 0 Å². The first kappa shape index (κ1) is 46.5. The summed E-state index contributed by atoms with van der Waals surface area (Å²) in [4.78, 5) is 22.6. The molecule has 0 aliphatic carbocycles. The van der Waals surface area contributed by atoms with E-state index in [0.717, 1.165) is 38.5 Å². The summed E-state index contributed by atoms with van der Waals surface area (Å²) in [6.45, 7) is 4.19. The second-order valence-corrected chi connectivity index (χ2v) is 15.3. The standard InChI is InChI=1S/C38H79N2O6P/c1-3-5-7-9-11-13-14-15-16-17-18-19-20-21-22-23-24-26-28-30-32-38(42)40-36(35-46-47(43,44)45-34-33-39)37(41)31-29-27-25-12-10-8-6-4-2/h36-37,41H,3-35,39H2,1-2H3,(H,40,42)(H,43,44). The topological polar surface area (TPSA) is 131 Å². The highest BCUT2D eigenvalue weighted by Gasteiger charge is 2.27. The molecule has 0 aliphatic heterocycles. The van der Waals surface area contributed by atoms with Crippen LogP contribution >= 0.6 is 7.82 Å². The van der Waals surface area contributed by atoms with Crippen molar-refractivity contribution in [1.82, 2.24) is 5.32 Å². The molecular weight excluding hydrogens is 611 g/mol. The highest BCUT2D eigenvalue weighted by atomic mass is 31.2. The number of rotatable bonds is 38. The molecule has 1 amide bonds. The molecule has 47 heavy (non-hydrogen) atoms. The van der Waals surface area contributed by atoms with Crippen molar-refractivity contribution in [3.8, 4) is 0 Å². The van der Waals surface area contributed by atoms with Crippen LogP contribution in [0.25, 0.3) is 0 Å². The fourth-order valence-electron chi connectivity index (χ4n) is 6.14. The van der Waals surface area contributed by atoms with Gasteiger partial charge < -0.3 is 21.1 Å². The van der Waals surface area contributed by atoms with E-state index in [2.05, 4.69) is 19.2 Å². The third-order valence-corrected chi connectivity index (χ3v) is 10.2. The molecule has 0 aromatic carbocycles. The molecule has 0 heterocycles. The second-order valence-electron chi connectivity index (χ2n) is 13.9. The maximum absolute atomic E-state index is 12.7. The van der Waals surface area contributed by atoms with Gasteiger partial charge in [-0.3, -0.25) is 13.8 Å². The molecule has 0 saturated heterocycles. The Labute approximate surface area is 291 Å². The van der Waals surface area contributed by atoms with Crippen molar-refractivity contribution in [1.29, 1.82) is 0 Å². The van der Waals surface area contributed by atoms with Gasteiger partial charge in [-0.1, -0.05) is 187 Å². The Morgan fingerprint density at radius 2 is 0.979 bits per heavy atom. The number of carbonyl (C=O) groups excluding carboxylic acids is 1. The number of nitrogens with one attached hydrogen (secondary N) is 1. The summed E-state index contributed by atoms with van der Waals surface area (Å²) in [5, 5.41) is 13.7. The molecule has 3 unspecified atom stereocenters. The molecule has 8 nitrogen and oxygen atoms in total.